The van der Waals surface area contributed by atoms with Crippen LogP contribution in [0.4, 0.5) is 5.69 Å². The van der Waals surface area contributed by atoms with Crippen LogP contribution in [0.1, 0.15) is 5.56 Å². The Labute approximate surface area is 172 Å². The number of nitrogens with one attached hydrogen (secondary N) is 1. The third-order valence-electron chi connectivity index (χ3n) is 3.76. The normalized spacial score (nSPS) is 10.8. The van der Waals surface area contributed by atoms with Gasteiger partial charge in [0.15, 0.2) is 11.0 Å². The fourth-order valence-corrected chi connectivity index (χ4v) is 3.83. The molecule has 0 fully saturated rings. The molecule has 3 rings (SSSR count). The molecule has 0 aliphatic heterocycles. The Balaban J connectivity index is 1.68. The van der Waals surface area contributed by atoms with Crippen molar-refractivity contribution in [1.82, 2.24) is 14.8 Å². The number of thioether (sulfide) groups is 1. The first-order chi connectivity index (χ1) is 12.5. The molecule has 0 unspecified atom stereocenters. The van der Waals surface area contributed by atoms with Crippen molar-refractivity contribution in [2.24, 2.45) is 7.05 Å². The van der Waals surface area contributed by atoms with Crippen molar-refractivity contribution in [3.05, 3.63) is 57.0 Å². The summed E-state index contributed by atoms with van der Waals surface area (Å²) in [7, 11) is 1.91. The van der Waals surface area contributed by atoms with E-state index in [2.05, 4.69) is 47.4 Å². The number of nitrogens with zero attached hydrogens (tertiary/aromatic N) is 3. The summed E-state index contributed by atoms with van der Waals surface area (Å²) in [5.41, 5.74) is 2.90. The molecule has 1 N–H and O–H groups in total. The average molecular weight is 496 g/mol. The second kappa shape index (κ2) is 8.37. The SMILES string of the molecule is Cc1ccccc1-c1nnc(SCC(=O)Nc2cc(Br)ccc2Br)n1C. The summed E-state index contributed by atoms with van der Waals surface area (Å²) in [4.78, 5) is 12.3. The van der Waals surface area contributed by atoms with Gasteiger partial charge in [-0.15, -0.1) is 10.2 Å². The van der Waals surface area contributed by atoms with Gasteiger partial charge in [0.25, 0.3) is 0 Å². The molecule has 0 saturated heterocycles. The Morgan fingerprint density at radius 3 is 2.73 bits per heavy atom. The number of carbonyl (C=O) groups excluding carboxylic acids is 1. The Kier molecular flexibility index (Phi) is 6.16. The molecule has 26 heavy (non-hydrogen) atoms. The van der Waals surface area contributed by atoms with Gasteiger partial charge in [0.2, 0.25) is 5.91 Å². The van der Waals surface area contributed by atoms with Crippen molar-refractivity contribution in [3.63, 3.8) is 0 Å². The molecule has 1 aromatic heterocycles. The molecule has 0 spiro atoms. The van der Waals surface area contributed by atoms with Crippen molar-refractivity contribution in [1.29, 1.82) is 0 Å². The number of aryl methyl sites for hydroxylation is 1. The van der Waals surface area contributed by atoms with Gasteiger partial charge >= 0.3 is 0 Å². The number of amides is 1. The summed E-state index contributed by atoms with van der Waals surface area (Å²) in [6.45, 7) is 2.04. The topological polar surface area (TPSA) is 59.8 Å². The molecule has 0 atom stereocenters. The van der Waals surface area contributed by atoms with Gasteiger partial charge in [0.1, 0.15) is 0 Å². The van der Waals surface area contributed by atoms with Crippen LogP contribution in [0.5, 0.6) is 0 Å². The van der Waals surface area contributed by atoms with Crippen LogP contribution in [0, 0.1) is 6.92 Å². The molecule has 134 valence electrons. The molecule has 0 bridgehead atoms. The van der Waals surface area contributed by atoms with E-state index in [1.54, 1.807) is 0 Å². The predicted molar refractivity (Wildman–Crippen MR) is 112 cm³/mol. The lowest BCUT2D eigenvalue weighted by molar-refractivity contribution is -0.113. The number of halogens is 2. The zero-order valence-electron chi connectivity index (χ0n) is 14.2. The maximum atomic E-state index is 12.3. The molecule has 1 heterocycles. The fourth-order valence-electron chi connectivity index (χ4n) is 2.41. The lowest BCUT2D eigenvalue weighted by Crippen LogP contribution is -2.14. The monoisotopic (exact) mass is 494 g/mol. The summed E-state index contributed by atoms with van der Waals surface area (Å²) >= 11 is 8.19. The summed E-state index contributed by atoms with van der Waals surface area (Å²) < 4.78 is 3.65. The van der Waals surface area contributed by atoms with E-state index in [4.69, 9.17) is 0 Å². The van der Waals surface area contributed by atoms with Crippen LogP contribution in [0.15, 0.2) is 56.6 Å². The number of hydrogen-bond acceptors (Lipinski definition) is 4. The molecular weight excluding hydrogens is 480 g/mol. The molecule has 5 nitrogen and oxygen atoms in total. The number of aromatic nitrogens is 3. The van der Waals surface area contributed by atoms with Gasteiger partial charge in [-0.1, -0.05) is 52.0 Å². The van der Waals surface area contributed by atoms with Crippen molar-refractivity contribution >= 4 is 55.2 Å². The van der Waals surface area contributed by atoms with Crippen LogP contribution in [-0.4, -0.2) is 26.4 Å². The van der Waals surface area contributed by atoms with E-state index in [9.17, 15) is 4.79 Å². The highest BCUT2D eigenvalue weighted by molar-refractivity contribution is 9.11. The smallest absolute Gasteiger partial charge is 0.234 e. The van der Waals surface area contributed by atoms with Crippen LogP contribution in [0.2, 0.25) is 0 Å². The minimum absolute atomic E-state index is 0.103. The van der Waals surface area contributed by atoms with E-state index >= 15 is 0 Å². The van der Waals surface area contributed by atoms with E-state index < -0.39 is 0 Å². The number of carbonyl (C=O) groups is 1. The van der Waals surface area contributed by atoms with Gasteiger partial charge in [-0.3, -0.25) is 4.79 Å². The van der Waals surface area contributed by atoms with Gasteiger partial charge < -0.3 is 9.88 Å². The van der Waals surface area contributed by atoms with E-state index in [1.807, 2.05) is 61.0 Å². The van der Waals surface area contributed by atoms with Crippen LogP contribution < -0.4 is 5.32 Å². The lowest BCUT2D eigenvalue weighted by Gasteiger charge is -2.08. The van der Waals surface area contributed by atoms with Crippen molar-refractivity contribution in [2.75, 3.05) is 11.1 Å². The van der Waals surface area contributed by atoms with E-state index in [-0.39, 0.29) is 11.7 Å². The highest BCUT2D eigenvalue weighted by Gasteiger charge is 2.14. The number of anilines is 1. The zero-order valence-corrected chi connectivity index (χ0v) is 18.2. The molecule has 0 aliphatic carbocycles. The molecule has 0 saturated carbocycles. The molecule has 2 aromatic carbocycles. The Morgan fingerprint density at radius 1 is 1.19 bits per heavy atom. The first-order valence-electron chi connectivity index (χ1n) is 7.79. The van der Waals surface area contributed by atoms with Gasteiger partial charge in [-0.25, -0.2) is 0 Å². The lowest BCUT2D eigenvalue weighted by atomic mass is 10.1. The Hall–Kier alpha value is -1.64. The molecular formula is C18H16Br2N4OS. The summed E-state index contributed by atoms with van der Waals surface area (Å²) in [6, 6.07) is 13.7. The van der Waals surface area contributed by atoms with Gasteiger partial charge in [-0.05, 0) is 46.6 Å². The molecule has 8 heteroatoms. The standard InChI is InChI=1S/C18H16Br2N4OS/c1-11-5-3-4-6-13(11)17-22-23-18(24(17)2)26-10-16(25)21-15-9-12(19)7-8-14(15)20/h3-9H,10H2,1-2H3,(H,21,25). The van der Waals surface area contributed by atoms with E-state index in [0.717, 1.165) is 31.6 Å². The summed E-state index contributed by atoms with van der Waals surface area (Å²) in [5.74, 6) is 0.939. The van der Waals surface area contributed by atoms with Crippen LogP contribution >= 0.6 is 43.6 Å². The number of rotatable bonds is 5. The van der Waals surface area contributed by atoms with Crippen LogP contribution in [0.3, 0.4) is 0 Å². The number of hydrogen-bond donors (Lipinski definition) is 1. The molecule has 0 radical (unpaired) electrons. The Bertz CT molecular complexity index is 958. The van der Waals surface area contributed by atoms with Crippen LogP contribution in [0.25, 0.3) is 11.4 Å². The van der Waals surface area contributed by atoms with Crippen LogP contribution in [-0.2, 0) is 11.8 Å². The maximum absolute atomic E-state index is 12.3. The predicted octanol–water partition coefficient (Wildman–Crippen LogP) is 5.05. The second-order valence-electron chi connectivity index (χ2n) is 5.64. The minimum Gasteiger partial charge on any atom is -0.324 e. The highest BCUT2D eigenvalue weighted by Crippen LogP contribution is 2.27. The fraction of sp³-hybridized carbons (Fsp3) is 0.167. The first kappa shape index (κ1) is 19.1. The first-order valence-corrected chi connectivity index (χ1v) is 10.4. The highest BCUT2D eigenvalue weighted by atomic mass is 79.9. The summed E-state index contributed by atoms with van der Waals surface area (Å²) in [6.07, 6.45) is 0. The second-order valence-corrected chi connectivity index (χ2v) is 8.35. The average Bonchev–Trinajstić information content (AvgIpc) is 2.97. The van der Waals surface area contributed by atoms with Crippen molar-refractivity contribution in [2.45, 2.75) is 12.1 Å². The molecule has 3 aromatic rings. The maximum Gasteiger partial charge on any atom is 0.234 e. The van der Waals surface area contributed by atoms with Gasteiger partial charge in [0, 0.05) is 21.6 Å². The van der Waals surface area contributed by atoms with E-state index in [0.29, 0.717) is 5.16 Å². The van der Waals surface area contributed by atoms with Crippen molar-refractivity contribution in [3.8, 4) is 11.4 Å². The van der Waals surface area contributed by atoms with Gasteiger partial charge in [-0.2, -0.15) is 0 Å². The quantitative estimate of drug-likeness (QED) is 0.503. The number of benzene rings is 2. The largest absolute Gasteiger partial charge is 0.324 e. The summed E-state index contributed by atoms with van der Waals surface area (Å²) in [5, 5.41) is 12.1. The third kappa shape index (κ3) is 4.36. The Morgan fingerprint density at radius 2 is 1.96 bits per heavy atom. The minimum atomic E-state index is -0.103. The molecule has 0 aliphatic rings. The molecule has 1 amide bonds. The van der Waals surface area contributed by atoms with Gasteiger partial charge in [0.05, 0.1) is 11.4 Å². The van der Waals surface area contributed by atoms with E-state index in [1.165, 1.54) is 11.8 Å². The zero-order chi connectivity index (χ0) is 18.7. The van der Waals surface area contributed by atoms with Crippen molar-refractivity contribution < 1.29 is 4.79 Å². The third-order valence-corrected chi connectivity index (χ3v) is 5.96.